The van der Waals surface area contributed by atoms with E-state index in [0.717, 1.165) is 22.5 Å². The Kier molecular flexibility index (Phi) is 4.50. The van der Waals surface area contributed by atoms with Gasteiger partial charge in [0.15, 0.2) is 5.16 Å². The fourth-order valence-corrected chi connectivity index (χ4v) is 2.80. The summed E-state index contributed by atoms with van der Waals surface area (Å²) >= 11 is 1.50. The molecule has 5 heteroatoms. The highest BCUT2D eigenvalue weighted by Gasteiger charge is 2.06. The predicted octanol–water partition coefficient (Wildman–Crippen LogP) is 2.98. The maximum Gasteiger partial charge on any atom is 0.188 e. The quantitative estimate of drug-likeness (QED) is 0.689. The van der Waals surface area contributed by atoms with Crippen LogP contribution in [0.2, 0.25) is 0 Å². The number of hydrogen-bond acceptors (Lipinski definition) is 4. The molecule has 0 saturated carbocycles. The fraction of sp³-hybridized carbons (Fsp3) is 0.286. The summed E-state index contributed by atoms with van der Waals surface area (Å²) < 4.78 is 13.3. The molecule has 1 heterocycles. The minimum atomic E-state index is -0.242. The summed E-state index contributed by atoms with van der Waals surface area (Å²) in [6.07, 6.45) is 0. The Hall–Kier alpha value is -1.46. The van der Waals surface area contributed by atoms with Gasteiger partial charge in [0.1, 0.15) is 5.82 Å². The van der Waals surface area contributed by atoms with Gasteiger partial charge in [0.2, 0.25) is 0 Å². The van der Waals surface area contributed by atoms with E-state index in [4.69, 9.17) is 5.73 Å². The average Bonchev–Trinajstić information content (AvgIpc) is 2.35. The summed E-state index contributed by atoms with van der Waals surface area (Å²) in [7, 11) is 0. The minimum Gasteiger partial charge on any atom is -0.326 e. The zero-order valence-corrected chi connectivity index (χ0v) is 11.8. The molecule has 0 aliphatic carbocycles. The van der Waals surface area contributed by atoms with Crippen molar-refractivity contribution in [1.29, 1.82) is 0 Å². The molecule has 100 valence electrons. The Labute approximate surface area is 116 Å². The first-order valence-corrected chi connectivity index (χ1v) is 6.99. The molecule has 0 saturated heterocycles. The molecule has 0 aliphatic rings. The third-order valence-electron chi connectivity index (χ3n) is 2.71. The lowest BCUT2D eigenvalue weighted by atomic mass is 10.1. The van der Waals surface area contributed by atoms with Crippen LogP contribution in [0.4, 0.5) is 4.39 Å². The van der Waals surface area contributed by atoms with Crippen molar-refractivity contribution in [3.63, 3.8) is 0 Å². The van der Waals surface area contributed by atoms with Gasteiger partial charge in [-0.15, -0.1) is 0 Å². The zero-order chi connectivity index (χ0) is 13.8. The second-order valence-corrected chi connectivity index (χ2v) is 5.28. The van der Waals surface area contributed by atoms with Crippen molar-refractivity contribution in [2.45, 2.75) is 31.3 Å². The number of rotatable bonds is 4. The molecule has 0 amide bonds. The van der Waals surface area contributed by atoms with Crippen molar-refractivity contribution in [3.8, 4) is 0 Å². The minimum absolute atomic E-state index is 0.242. The molecule has 2 N–H and O–H groups in total. The summed E-state index contributed by atoms with van der Waals surface area (Å²) in [6.45, 7) is 4.28. The standard InChI is InChI=1S/C14H16FN3S/c1-9-5-10(2)18-14(17-9)19-8-12-6-13(15)4-3-11(12)7-16/h3-6H,7-8,16H2,1-2H3. The lowest BCUT2D eigenvalue weighted by Crippen LogP contribution is -2.02. The van der Waals surface area contributed by atoms with Gasteiger partial charge < -0.3 is 5.73 Å². The molecule has 3 nitrogen and oxygen atoms in total. The van der Waals surface area contributed by atoms with Gasteiger partial charge in [-0.3, -0.25) is 0 Å². The number of aromatic nitrogens is 2. The van der Waals surface area contributed by atoms with Gasteiger partial charge in [-0.1, -0.05) is 17.8 Å². The SMILES string of the molecule is Cc1cc(C)nc(SCc2cc(F)ccc2CN)n1. The number of halogens is 1. The van der Waals surface area contributed by atoms with Crippen molar-refractivity contribution in [3.05, 3.63) is 52.6 Å². The number of nitrogens with two attached hydrogens (primary N) is 1. The molecule has 19 heavy (non-hydrogen) atoms. The summed E-state index contributed by atoms with van der Waals surface area (Å²) in [6, 6.07) is 6.62. The summed E-state index contributed by atoms with van der Waals surface area (Å²) in [5.41, 5.74) is 9.39. The van der Waals surface area contributed by atoms with Gasteiger partial charge in [0.05, 0.1) is 0 Å². The molecular weight excluding hydrogens is 261 g/mol. The van der Waals surface area contributed by atoms with Crippen LogP contribution in [0, 0.1) is 19.7 Å². The van der Waals surface area contributed by atoms with Crippen LogP contribution >= 0.6 is 11.8 Å². The molecule has 1 aromatic carbocycles. The Morgan fingerprint density at radius 1 is 1.11 bits per heavy atom. The second kappa shape index (κ2) is 6.12. The lowest BCUT2D eigenvalue weighted by Gasteiger charge is -2.08. The average molecular weight is 277 g/mol. The van der Waals surface area contributed by atoms with Crippen molar-refractivity contribution in [2.24, 2.45) is 5.73 Å². The first kappa shape index (κ1) is 14.0. The maximum absolute atomic E-state index is 13.3. The highest BCUT2D eigenvalue weighted by atomic mass is 32.2. The number of nitrogens with zero attached hydrogens (tertiary/aromatic N) is 2. The van der Waals surface area contributed by atoms with Crippen LogP contribution in [0.5, 0.6) is 0 Å². The van der Waals surface area contributed by atoms with Crippen molar-refractivity contribution in [1.82, 2.24) is 9.97 Å². The smallest absolute Gasteiger partial charge is 0.188 e. The normalized spacial score (nSPS) is 10.7. The lowest BCUT2D eigenvalue weighted by molar-refractivity contribution is 0.625. The van der Waals surface area contributed by atoms with Gasteiger partial charge in [-0.05, 0) is 43.2 Å². The molecule has 0 radical (unpaired) electrons. The number of aryl methyl sites for hydroxylation is 2. The molecule has 1 aromatic heterocycles. The highest BCUT2D eigenvalue weighted by Crippen LogP contribution is 2.22. The van der Waals surface area contributed by atoms with E-state index in [1.54, 1.807) is 6.07 Å². The van der Waals surface area contributed by atoms with Crippen LogP contribution in [0.15, 0.2) is 29.4 Å². The van der Waals surface area contributed by atoms with Gasteiger partial charge in [-0.2, -0.15) is 0 Å². The largest absolute Gasteiger partial charge is 0.326 e. The number of benzene rings is 1. The second-order valence-electron chi connectivity index (χ2n) is 4.34. The molecule has 0 bridgehead atoms. The van der Waals surface area contributed by atoms with E-state index >= 15 is 0 Å². The molecular formula is C14H16FN3S. The molecule has 0 unspecified atom stereocenters. The Morgan fingerprint density at radius 3 is 2.42 bits per heavy atom. The molecule has 0 spiro atoms. The van der Waals surface area contributed by atoms with Crippen LogP contribution in [0.1, 0.15) is 22.5 Å². The van der Waals surface area contributed by atoms with Gasteiger partial charge in [-0.25, -0.2) is 14.4 Å². The first-order chi connectivity index (χ1) is 9.08. The topological polar surface area (TPSA) is 51.8 Å². The van der Waals surface area contributed by atoms with Crippen LogP contribution in [-0.4, -0.2) is 9.97 Å². The fourth-order valence-electron chi connectivity index (χ4n) is 1.83. The molecule has 0 fully saturated rings. The van der Waals surface area contributed by atoms with E-state index in [2.05, 4.69) is 9.97 Å². The summed E-state index contributed by atoms with van der Waals surface area (Å²) in [5, 5.41) is 0.713. The molecule has 0 atom stereocenters. The van der Waals surface area contributed by atoms with Gasteiger partial charge in [0, 0.05) is 23.7 Å². The van der Waals surface area contributed by atoms with Crippen molar-refractivity contribution >= 4 is 11.8 Å². The Morgan fingerprint density at radius 2 is 1.79 bits per heavy atom. The molecule has 0 aliphatic heterocycles. The van der Waals surface area contributed by atoms with Crippen LogP contribution in [-0.2, 0) is 12.3 Å². The van der Waals surface area contributed by atoms with E-state index in [0.29, 0.717) is 17.5 Å². The third-order valence-corrected chi connectivity index (χ3v) is 3.60. The van der Waals surface area contributed by atoms with E-state index in [-0.39, 0.29) is 5.82 Å². The highest BCUT2D eigenvalue weighted by molar-refractivity contribution is 7.98. The Bertz CT molecular complexity index is 567. The predicted molar refractivity (Wildman–Crippen MR) is 75.4 cm³/mol. The summed E-state index contributed by atoms with van der Waals surface area (Å²) in [4.78, 5) is 8.71. The van der Waals surface area contributed by atoms with E-state index in [1.165, 1.54) is 23.9 Å². The Balaban J connectivity index is 2.16. The van der Waals surface area contributed by atoms with Crippen molar-refractivity contribution < 1.29 is 4.39 Å². The van der Waals surface area contributed by atoms with Crippen molar-refractivity contribution in [2.75, 3.05) is 0 Å². The van der Waals surface area contributed by atoms with Gasteiger partial charge in [0.25, 0.3) is 0 Å². The van der Waals surface area contributed by atoms with Crippen LogP contribution < -0.4 is 5.73 Å². The molecule has 2 rings (SSSR count). The van der Waals surface area contributed by atoms with E-state index < -0.39 is 0 Å². The van der Waals surface area contributed by atoms with E-state index in [1.807, 2.05) is 19.9 Å². The van der Waals surface area contributed by atoms with Crippen LogP contribution in [0.3, 0.4) is 0 Å². The monoisotopic (exact) mass is 277 g/mol. The summed E-state index contributed by atoms with van der Waals surface area (Å²) in [5.74, 6) is 0.377. The first-order valence-electron chi connectivity index (χ1n) is 6.01. The number of thioether (sulfide) groups is 1. The van der Waals surface area contributed by atoms with Gasteiger partial charge >= 0.3 is 0 Å². The molecule has 2 aromatic rings. The number of hydrogen-bond donors (Lipinski definition) is 1. The maximum atomic E-state index is 13.3. The van der Waals surface area contributed by atoms with E-state index in [9.17, 15) is 4.39 Å². The van der Waals surface area contributed by atoms with Crippen LogP contribution in [0.25, 0.3) is 0 Å². The zero-order valence-electron chi connectivity index (χ0n) is 11.0. The third kappa shape index (κ3) is 3.75.